The van der Waals surface area contributed by atoms with E-state index in [1.54, 1.807) is 19.0 Å². The van der Waals surface area contributed by atoms with E-state index in [0.717, 1.165) is 11.3 Å². The summed E-state index contributed by atoms with van der Waals surface area (Å²) in [5.41, 5.74) is -0.892. The fraction of sp³-hybridized carbons (Fsp3) is 0.333. The molecule has 0 radical (unpaired) electrons. The van der Waals surface area contributed by atoms with Gasteiger partial charge in [0, 0.05) is 19.5 Å². The molecule has 0 saturated heterocycles. The molecule has 0 aliphatic rings. The Balaban J connectivity index is 2.97. The maximum atomic E-state index is 11.9. The Morgan fingerprint density at radius 1 is 1.55 bits per heavy atom. The standard InChI is InChI=1S/C9H8ClF3N4O2S/c1-17(2)4-14-8-15-5(3-20-8)6(7(10)18)16-19-9(11,12)13/h3-4H,1-2H3/b14-4+,16-6+. The van der Waals surface area contributed by atoms with Crippen molar-refractivity contribution in [3.8, 4) is 0 Å². The van der Waals surface area contributed by atoms with Crippen molar-refractivity contribution in [3.05, 3.63) is 11.1 Å². The predicted molar refractivity (Wildman–Crippen MR) is 68.5 cm³/mol. The Kier molecular flexibility index (Phi) is 5.45. The van der Waals surface area contributed by atoms with Crippen molar-refractivity contribution in [2.45, 2.75) is 6.36 Å². The van der Waals surface area contributed by atoms with E-state index in [9.17, 15) is 18.0 Å². The summed E-state index contributed by atoms with van der Waals surface area (Å²) in [5, 5.41) is 2.97. The Labute approximate surface area is 120 Å². The molecule has 0 aromatic carbocycles. The van der Waals surface area contributed by atoms with Crippen LogP contribution in [0.3, 0.4) is 0 Å². The number of aliphatic imine (C=N–C) groups is 1. The van der Waals surface area contributed by atoms with Crippen molar-refractivity contribution in [1.29, 1.82) is 0 Å². The Hall–Kier alpha value is -1.68. The number of hydrogen-bond donors (Lipinski definition) is 0. The first-order valence-corrected chi connectivity index (χ1v) is 6.14. The van der Waals surface area contributed by atoms with Crippen LogP contribution in [0.2, 0.25) is 0 Å². The van der Waals surface area contributed by atoms with Gasteiger partial charge in [-0.25, -0.2) is 9.98 Å². The highest BCUT2D eigenvalue weighted by Crippen LogP contribution is 2.21. The van der Waals surface area contributed by atoms with Gasteiger partial charge in [0.15, 0.2) is 5.71 Å². The van der Waals surface area contributed by atoms with Crippen LogP contribution in [-0.4, -0.2) is 47.6 Å². The van der Waals surface area contributed by atoms with E-state index >= 15 is 0 Å². The zero-order chi connectivity index (χ0) is 15.3. The van der Waals surface area contributed by atoms with Crippen molar-refractivity contribution < 1.29 is 22.8 Å². The molecule has 0 fully saturated rings. The van der Waals surface area contributed by atoms with Crippen LogP contribution in [0.1, 0.15) is 5.69 Å². The minimum Gasteiger partial charge on any atom is -0.369 e. The molecule has 0 aliphatic carbocycles. The molecule has 0 saturated carbocycles. The maximum absolute atomic E-state index is 11.9. The molecule has 1 aromatic heterocycles. The maximum Gasteiger partial charge on any atom is 0.593 e. The number of nitrogens with zero attached hydrogens (tertiary/aromatic N) is 4. The summed E-state index contributed by atoms with van der Waals surface area (Å²) in [5.74, 6) is 0. The second kappa shape index (κ2) is 6.66. The number of alkyl halides is 3. The van der Waals surface area contributed by atoms with Gasteiger partial charge >= 0.3 is 6.36 Å². The van der Waals surface area contributed by atoms with Crippen molar-refractivity contribution in [2.75, 3.05) is 14.1 Å². The van der Waals surface area contributed by atoms with Gasteiger partial charge in [0.1, 0.15) is 5.69 Å². The minimum absolute atomic E-state index is 0.148. The summed E-state index contributed by atoms with van der Waals surface area (Å²) < 4.78 is 35.6. The highest BCUT2D eigenvalue weighted by molar-refractivity contribution is 7.13. The molecule has 11 heteroatoms. The smallest absolute Gasteiger partial charge is 0.369 e. The molecule has 1 rings (SSSR count). The van der Waals surface area contributed by atoms with E-state index in [1.165, 1.54) is 11.7 Å². The van der Waals surface area contributed by atoms with Gasteiger partial charge in [-0.05, 0) is 11.6 Å². The molecule has 1 heterocycles. The number of oxime groups is 1. The molecular weight excluding hydrogens is 321 g/mol. The second-order valence-electron chi connectivity index (χ2n) is 3.47. The van der Waals surface area contributed by atoms with Crippen LogP contribution in [0.5, 0.6) is 0 Å². The lowest BCUT2D eigenvalue weighted by atomic mass is 10.3. The van der Waals surface area contributed by atoms with Crippen LogP contribution in [0.4, 0.5) is 18.3 Å². The minimum atomic E-state index is -5.01. The Morgan fingerprint density at radius 3 is 2.70 bits per heavy atom. The average Bonchev–Trinajstić information content (AvgIpc) is 2.73. The molecule has 0 N–H and O–H groups in total. The Bertz CT molecular complexity index is 542. The molecule has 110 valence electrons. The molecule has 20 heavy (non-hydrogen) atoms. The summed E-state index contributed by atoms with van der Waals surface area (Å²) in [6.07, 6.45) is -3.58. The molecule has 1 aromatic rings. The van der Waals surface area contributed by atoms with Gasteiger partial charge < -0.3 is 4.90 Å². The lowest BCUT2D eigenvalue weighted by Crippen LogP contribution is -2.15. The summed E-state index contributed by atoms with van der Waals surface area (Å²) in [4.78, 5) is 23.6. The molecular formula is C9H8ClF3N4O2S. The third-order valence-corrected chi connectivity index (χ3v) is 2.49. The zero-order valence-corrected chi connectivity index (χ0v) is 11.8. The van der Waals surface area contributed by atoms with Gasteiger partial charge in [-0.3, -0.25) is 9.63 Å². The fourth-order valence-electron chi connectivity index (χ4n) is 0.878. The summed E-state index contributed by atoms with van der Waals surface area (Å²) in [6, 6.07) is 0. The summed E-state index contributed by atoms with van der Waals surface area (Å²) >= 11 is 6.15. The van der Waals surface area contributed by atoms with Crippen molar-refractivity contribution in [1.82, 2.24) is 9.88 Å². The van der Waals surface area contributed by atoms with Crippen LogP contribution in [0.25, 0.3) is 0 Å². The number of rotatable bonds is 5. The number of thiazole rings is 1. The third-order valence-electron chi connectivity index (χ3n) is 1.56. The lowest BCUT2D eigenvalue weighted by molar-refractivity contribution is -0.325. The topological polar surface area (TPSA) is 67.2 Å². The van der Waals surface area contributed by atoms with E-state index in [4.69, 9.17) is 11.6 Å². The number of halogens is 4. The number of carbonyl (C=O) groups is 1. The molecule has 0 bridgehead atoms. The lowest BCUT2D eigenvalue weighted by Gasteiger charge is -2.02. The van der Waals surface area contributed by atoms with Crippen LogP contribution in [0.15, 0.2) is 15.5 Å². The van der Waals surface area contributed by atoms with Crippen LogP contribution < -0.4 is 0 Å². The molecule has 0 amide bonds. The van der Waals surface area contributed by atoms with E-state index in [-0.39, 0.29) is 10.8 Å². The van der Waals surface area contributed by atoms with E-state index < -0.39 is 17.3 Å². The van der Waals surface area contributed by atoms with Crippen LogP contribution in [0, 0.1) is 0 Å². The quantitative estimate of drug-likeness (QED) is 0.360. The molecule has 6 nitrogen and oxygen atoms in total. The van der Waals surface area contributed by atoms with Crippen LogP contribution in [-0.2, 0) is 9.63 Å². The monoisotopic (exact) mass is 328 g/mol. The van der Waals surface area contributed by atoms with Crippen LogP contribution >= 0.6 is 22.9 Å². The van der Waals surface area contributed by atoms with Gasteiger partial charge in [-0.2, -0.15) is 0 Å². The highest BCUT2D eigenvalue weighted by Gasteiger charge is 2.32. The summed E-state index contributed by atoms with van der Waals surface area (Å²) in [7, 11) is 3.45. The number of aromatic nitrogens is 1. The molecule has 0 aliphatic heterocycles. The van der Waals surface area contributed by atoms with Gasteiger partial charge in [0.2, 0.25) is 5.13 Å². The SMILES string of the molecule is CN(C)/C=N/c1nc(/C(=N\OC(F)(F)F)C(=O)Cl)cs1. The molecule has 0 unspecified atom stereocenters. The first-order chi connectivity index (χ1) is 9.19. The van der Waals surface area contributed by atoms with E-state index in [1.807, 2.05) is 0 Å². The van der Waals surface area contributed by atoms with Crippen molar-refractivity contribution >= 4 is 45.4 Å². The van der Waals surface area contributed by atoms with Crippen molar-refractivity contribution in [3.63, 3.8) is 0 Å². The second-order valence-corrected chi connectivity index (χ2v) is 4.65. The predicted octanol–water partition coefficient (Wildman–Crippen LogP) is 2.37. The van der Waals surface area contributed by atoms with Gasteiger partial charge in [-0.1, -0.05) is 5.16 Å². The first-order valence-electron chi connectivity index (χ1n) is 4.88. The molecule has 0 atom stereocenters. The normalized spacial score (nSPS) is 12.8. The summed E-state index contributed by atoms with van der Waals surface area (Å²) in [6.45, 7) is 0. The third kappa shape index (κ3) is 5.53. The highest BCUT2D eigenvalue weighted by atomic mass is 35.5. The van der Waals surface area contributed by atoms with E-state index in [2.05, 4.69) is 20.0 Å². The largest absolute Gasteiger partial charge is 0.593 e. The average molecular weight is 329 g/mol. The van der Waals surface area contributed by atoms with Crippen molar-refractivity contribution in [2.24, 2.45) is 10.1 Å². The number of carbonyl (C=O) groups excluding carboxylic acids is 1. The zero-order valence-electron chi connectivity index (χ0n) is 10.2. The number of hydrogen-bond acceptors (Lipinski definition) is 6. The Morgan fingerprint density at radius 2 is 2.20 bits per heavy atom. The van der Waals surface area contributed by atoms with Gasteiger partial charge in [0.05, 0.1) is 6.34 Å². The molecule has 0 spiro atoms. The van der Waals surface area contributed by atoms with E-state index in [0.29, 0.717) is 0 Å². The fourth-order valence-corrected chi connectivity index (χ4v) is 1.65. The first kappa shape index (κ1) is 16.4. The van der Waals surface area contributed by atoms with Gasteiger partial charge in [0.25, 0.3) is 5.24 Å². The van der Waals surface area contributed by atoms with Gasteiger partial charge in [-0.15, -0.1) is 24.5 Å².